The average Bonchev–Trinajstić information content (AvgIpc) is 2.73. The molecule has 1 aliphatic rings. The molecule has 1 unspecified atom stereocenters. The molecule has 1 atom stereocenters. The molecule has 0 radical (unpaired) electrons. The molecule has 1 aromatic rings. The Kier molecular flexibility index (Phi) is 3.98. The van der Waals surface area contributed by atoms with Gasteiger partial charge in [0.2, 0.25) is 0 Å². The molecular formula is C13H21NOS. The van der Waals surface area contributed by atoms with E-state index >= 15 is 0 Å². The SMILES string of the molecule is CC1(C)CCSCC1NCCc1ccco1. The topological polar surface area (TPSA) is 25.2 Å². The van der Waals surface area contributed by atoms with Crippen molar-refractivity contribution in [3.05, 3.63) is 24.2 Å². The molecule has 0 aliphatic carbocycles. The Bertz CT molecular complexity index is 308. The fraction of sp³-hybridized carbons (Fsp3) is 0.692. The van der Waals surface area contributed by atoms with E-state index in [0.717, 1.165) is 18.7 Å². The van der Waals surface area contributed by atoms with Gasteiger partial charge in [0.05, 0.1) is 6.26 Å². The van der Waals surface area contributed by atoms with Crippen molar-refractivity contribution >= 4 is 11.8 Å². The molecule has 16 heavy (non-hydrogen) atoms. The smallest absolute Gasteiger partial charge is 0.105 e. The summed E-state index contributed by atoms with van der Waals surface area (Å²) in [6.45, 7) is 5.76. The monoisotopic (exact) mass is 239 g/mol. The van der Waals surface area contributed by atoms with Gasteiger partial charge in [0.15, 0.2) is 0 Å². The second kappa shape index (κ2) is 5.28. The van der Waals surface area contributed by atoms with Crippen LogP contribution in [0.2, 0.25) is 0 Å². The fourth-order valence-corrected chi connectivity index (χ4v) is 3.74. The van der Waals surface area contributed by atoms with Gasteiger partial charge in [-0.1, -0.05) is 13.8 Å². The van der Waals surface area contributed by atoms with Gasteiger partial charge >= 0.3 is 0 Å². The largest absolute Gasteiger partial charge is 0.469 e. The highest BCUT2D eigenvalue weighted by Gasteiger charge is 2.31. The van der Waals surface area contributed by atoms with Crippen LogP contribution in [0.15, 0.2) is 22.8 Å². The zero-order chi connectivity index (χ0) is 11.4. The van der Waals surface area contributed by atoms with Gasteiger partial charge in [0, 0.05) is 24.8 Å². The van der Waals surface area contributed by atoms with Gasteiger partial charge in [-0.15, -0.1) is 0 Å². The van der Waals surface area contributed by atoms with Crippen LogP contribution < -0.4 is 5.32 Å². The lowest BCUT2D eigenvalue weighted by Crippen LogP contribution is -2.47. The Morgan fingerprint density at radius 2 is 2.44 bits per heavy atom. The molecule has 3 heteroatoms. The fourth-order valence-electron chi connectivity index (χ4n) is 2.10. The van der Waals surface area contributed by atoms with Crippen molar-refractivity contribution in [2.45, 2.75) is 32.7 Å². The third-order valence-corrected chi connectivity index (χ3v) is 4.52. The van der Waals surface area contributed by atoms with Gasteiger partial charge in [0.1, 0.15) is 5.76 Å². The van der Waals surface area contributed by atoms with Crippen LogP contribution in [0.25, 0.3) is 0 Å². The molecule has 1 saturated heterocycles. The molecule has 1 N–H and O–H groups in total. The first-order valence-electron chi connectivity index (χ1n) is 6.02. The third kappa shape index (κ3) is 3.05. The lowest BCUT2D eigenvalue weighted by molar-refractivity contribution is 0.246. The van der Waals surface area contributed by atoms with Crippen LogP contribution in [-0.4, -0.2) is 24.1 Å². The number of thioether (sulfide) groups is 1. The van der Waals surface area contributed by atoms with Crippen molar-refractivity contribution in [1.29, 1.82) is 0 Å². The number of hydrogen-bond acceptors (Lipinski definition) is 3. The normalized spacial score (nSPS) is 24.5. The first kappa shape index (κ1) is 12.1. The van der Waals surface area contributed by atoms with E-state index in [-0.39, 0.29) is 0 Å². The Morgan fingerprint density at radius 3 is 3.12 bits per heavy atom. The molecule has 1 fully saturated rings. The summed E-state index contributed by atoms with van der Waals surface area (Å²) in [5.74, 6) is 3.63. The number of rotatable bonds is 4. The highest BCUT2D eigenvalue weighted by molar-refractivity contribution is 7.99. The maximum atomic E-state index is 5.33. The second-order valence-corrected chi connectivity index (χ2v) is 6.30. The molecule has 2 heterocycles. The van der Waals surface area contributed by atoms with E-state index in [9.17, 15) is 0 Å². The van der Waals surface area contributed by atoms with Gasteiger partial charge in [-0.3, -0.25) is 0 Å². The summed E-state index contributed by atoms with van der Waals surface area (Å²) < 4.78 is 5.33. The van der Waals surface area contributed by atoms with E-state index in [1.165, 1.54) is 17.9 Å². The molecule has 2 rings (SSSR count). The highest BCUT2D eigenvalue weighted by Crippen LogP contribution is 2.33. The minimum Gasteiger partial charge on any atom is -0.469 e. The number of furan rings is 1. The van der Waals surface area contributed by atoms with E-state index in [2.05, 4.69) is 30.9 Å². The summed E-state index contributed by atoms with van der Waals surface area (Å²) in [4.78, 5) is 0. The third-order valence-electron chi connectivity index (χ3n) is 3.46. The molecule has 0 amide bonds. The van der Waals surface area contributed by atoms with Crippen LogP contribution in [0.5, 0.6) is 0 Å². The molecule has 2 nitrogen and oxygen atoms in total. The van der Waals surface area contributed by atoms with Crippen molar-refractivity contribution in [3.8, 4) is 0 Å². The van der Waals surface area contributed by atoms with Gasteiger partial charge in [0.25, 0.3) is 0 Å². The quantitative estimate of drug-likeness (QED) is 0.874. The molecule has 0 saturated carbocycles. The zero-order valence-corrected chi connectivity index (χ0v) is 11.0. The summed E-state index contributed by atoms with van der Waals surface area (Å²) in [5.41, 5.74) is 0.439. The van der Waals surface area contributed by atoms with Crippen LogP contribution in [0.3, 0.4) is 0 Å². The van der Waals surface area contributed by atoms with Gasteiger partial charge in [-0.2, -0.15) is 11.8 Å². The van der Waals surface area contributed by atoms with E-state index in [0.29, 0.717) is 11.5 Å². The van der Waals surface area contributed by atoms with Crippen molar-refractivity contribution in [2.24, 2.45) is 5.41 Å². The first-order chi connectivity index (χ1) is 7.68. The van der Waals surface area contributed by atoms with Gasteiger partial charge in [-0.05, 0) is 29.7 Å². The predicted octanol–water partition coefficient (Wildman–Crippen LogP) is 2.94. The lowest BCUT2D eigenvalue weighted by Gasteiger charge is -2.38. The summed E-state index contributed by atoms with van der Waals surface area (Å²) in [5, 5.41) is 3.67. The Balaban J connectivity index is 1.76. The molecule has 1 aliphatic heterocycles. The minimum absolute atomic E-state index is 0.439. The summed E-state index contributed by atoms with van der Waals surface area (Å²) >= 11 is 2.07. The van der Waals surface area contributed by atoms with Crippen molar-refractivity contribution in [2.75, 3.05) is 18.1 Å². The minimum atomic E-state index is 0.439. The first-order valence-corrected chi connectivity index (χ1v) is 7.17. The van der Waals surface area contributed by atoms with Crippen LogP contribution in [0.4, 0.5) is 0 Å². The molecule has 1 aromatic heterocycles. The Hall–Kier alpha value is -0.410. The van der Waals surface area contributed by atoms with Crippen molar-refractivity contribution < 1.29 is 4.42 Å². The summed E-state index contributed by atoms with van der Waals surface area (Å²) in [6, 6.07) is 4.64. The van der Waals surface area contributed by atoms with E-state index in [1.54, 1.807) is 6.26 Å². The molecular weight excluding hydrogens is 218 g/mol. The summed E-state index contributed by atoms with van der Waals surface area (Å²) in [7, 11) is 0. The van der Waals surface area contributed by atoms with Crippen LogP contribution >= 0.6 is 11.8 Å². The maximum Gasteiger partial charge on any atom is 0.105 e. The molecule has 0 aromatic carbocycles. The van der Waals surface area contributed by atoms with Gasteiger partial charge < -0.3 is 9.73 Å². The maximum absolute atomic E-state index is 5.33. The van der Waals surface area contributed by atoms with Crippen LogP contribution in [-0.2, 0) is 6.42 Å². The Labute approximate surface area is 102 Å². The predicted molar refractivity (Wildman–Crippen MR) is 69.9 cm³/mol. The second-order valence-electron chi connectivity index (χ2n) is 5.15. The molecule has 90 valence electrons. The van der Waals surface area contributed by atoms with Crippen LogP contribution in [0, 0.1) is 5.41 Å². The number of hydrogen-bond donors (Lipinski definition) is 1. The lowest BCUT2D eigenvalue weighted by atomic mass is 9.82. The average molecular weight is 239 g/mol. The zero-order valence-electron chi connectivity index (χ0n) is 10.2. The Morgan fingerprint density at radius 1 is 1.56 bits per heavy atom. The van der Waals surface area contributed by atoms with Crippen molar-refractivity contribution in [3.63, 3.8) is 0 Å². The van der Waals surface area contributed by atoms with E-state index < -0.39 is 0 Å². The standard InChI is InChI=1S/C13H21NOS/c1-13(2)6-9-16-10-12(13)14-7-5-11-4-3-8-15-11/h3-4,8,12,14H,5-7,9-10H2,1-2H3. The molecule has 0 bridgehead atoms. The molecule has 0 spiro atoms. The van der Waals surface area contributed by atoms with E-state index in [4.69, 9.17) is 4.42 Å². The highest BCUT2D eigenvalue weighted by atomic mass is 32.2. The summed E-state index contributed by atoms with van der Waals surface area (Å²) in [6.07, 6.45) is 4.05. The van der Waals surface area contributed by atoms with Crippen LogP contribution in [0.1, 0.15) is 26.0 Å². The number of nitrogens with one attached hydrogen (secondary N) is 1. The van der Waals surface area contributed by atoms with Crippen molar-refractivity contribution in [1.82, 2.24) is 5.32 Å². The van der Waals surface area contributed by atoms with E-state index in [1.807, 2.05) is 12.1 Å². The van der Waals surface area contributed by atoms with Gasteiger partial charge in [-0.25, -0.2) is 0 Å².